The lowest BCUT2D eigenvalue weighted by atomic mass is 10.2. The molecular formula is C18H24N4O2. The summed E-state index contributed by atoms with van der Waals surface area (Å²) in [7, 11) is 0. The summed E-state index contributed by atoms with van der Waals surface area (Å²) in [5, 5.41) is 2.93. The minimum Gasteiger partial charge on any atom is -0.444 e. The number of nitrogens with zero attached hydrogens (tertiary/aromatic N) is 3. The van der Waals surface area contributed by atoms with Gasteiger partial charge in [0.05, 0.1) is 18.8 Å². The summed E-state index contributed by atoms with van der Waals surface area (Å²) in [4.78, 5) is 21.0. The first-order valence-electron chi connectivity index (χ1n) is 8.32. The topological polar surface area (TPSA) is 61.6 Å². The van der Waals surface area contributed by atoms with Crippen molar-refractivity contribution in [3.8, 4) is 0 Å². The molecule has 2 heterocycles. The van der Waals surface area contributed by atoms with Crippen molar-refractivity contribution >= 4 is 11.6 Å². The number of carbonyl (C=O) groups is 1. The third-order valence-corrected chi connectivity index (χ3v) is 4.26. The Balaban J connectivity index is 1.43. The van der Waals surface area contributed by atoms with Crippen LogP contribution in [0.15, 0.2) is 34.7 Å². The van der Waals surface area contributed by atoms with Crippen LogP contribution in [-0.2, 0) is 11.3 Å². The average molecular weight is 328 g/mol. The quantitative estimate of drug-likeness (QED) is 0.910. The van der Waals surface area contributed by atoms with E-state index in [0.717, 1.165) is 55.8 Å². The van der Waals surface area contributed by atoms with Crippen molar-refractivity contribution in [1.82, 2.24) is 14.8 Å². The van der Waals surface area contributed by atoms with Crippen molar-refractivity contribution in [3.05, 3.63) is 47.7 Å². The van der Waals surface area contributed by atoms with Gasteiger partial charge in [-0.2, -0.15) is 0 Å². The van der Waals surface area contributed by atoms with Gasteiger partial charge in [0.2, 0.25) is 5.91 Å². The maximum Gasteiger partial charge on any atom is 0.238 e. The maximum atomic E-state index is 12.1. The lowest BCUT2D eigenvalue weighted by Crippen LogP contribution is -2.48. The highest BCUT2D eigenvalue weighted by Gasteiger charge is 2.20. The van der Waals surface area contributed by atoms with Gasteiger partial charge in [-0.15, -0.1) is 0 Å². The van der Waals surface area contributed by atoms with Crippen molar-refractivity contribution in [3.63, 3.8) is 0 Å². The number of aromatic nitrogens is 1. The standard InChI is InChI=1S/C18H24N4O2/c1-14-17(24-15(2)19-14)12-21-8-10-22(11-9-21)13-18(23)20-16-6-4-3-5-7-16/h3-7H,8-13H2,1-2H3,(H,20,23). The van der Waals surface area contributed by atoms with Crippen LogP contribution in [0.4, 0.5) is 5.69 Å². The molecule has 6 nitrogen and oxygen atoms in total. The fourth-order valence-corrected chi connectivity index (χ4v) is 2.95. The largest absolute Gasteiger partial charge is 0.444 e. The molecule has 0 saturated carbocycles. The molecule has 0 spiro atoms. The van der Waals surface area contributed by atoms with E-state index in [0.29, 0.717) is 6.54 Å². The molecule has 1 N–H and O–H groups in total. The molecule has 24 heavy (non-hydrogen) atoms. The Morgan fingerprint density at radius 2 is 1.79 bits per heavy atom. The van der Waals surface area contributed by atoms with Crippen LogP contribution in [-0.4, -0.2) is 53.4 Å². The van der Waals surface area contributed by atoms with Crippen LogP contribution in [0.1, 0.15) is 17.3 Å². The normalized spacial score (nSPS) is 16.2. The third-order valence-electron chi connectivity index (χ3n) is 4.26. The first-order chi connectivity index (χ1) is 11.6. The zero-order chi connectivity index (χ0) is 16.9. The molecule has 0 unspecified atom stereocenters. The van der Waals surface area contributed by atoms with Crippen LogP contribution in [0.25, 0.3) is 0 Å². The molecule has 0 bridgehead atoms. The van der Waals surface area contributed by atoms with E-state index in [4.69, 9.17) is 4.42 Å². The molecule has 1 aromatic heterocycles. The molecule has 1 aliphatic rings. The van der Waals surface area contributed by atoms with E-state index in [1.54, 1.807) is 0 Å². The van der Waals surface area contributed by atoms with E-state index in [1.165, 1.54) is 0 Å². The Labute approximate surface area is 142 Å². The molecule has 0 radical (unpaired) electrons. The Bertz CT molecular complexity index is 676. The summed E-state index contributed by atoms with van der Waals surface area (Å²) in [6, 6.07) is 9.57. The molecule has 1 fully saturated rings. The first kappa shape index (κ1) is 16.7. The van der Waals surface area contributed by atoms with Crippen molar-refractivity contribution in [1.29, 1.82) is 0 Å². The van der Waals surface area contributed by atoms with Crippen LogP contribution in [0.2, 0.25) is 0 Å². The molecule has 1 aliphatic heterocycles. The van der Waals surface area contributed by atoms with Crippen LogP contribution in [0, 0.1) is 13.8 Å². The van der Waals surface area contributed by atoms with E-state index in [2.05, 4.69) is 20.1 Å². The number of hydrogen-bond acceptors (Lipinski definition) is 5. The molecule has 6 heteroatoms. The summed E-state index contributed by atoms with van der Waals surface area (Å²) < 4.78 is 5.64. The van der Waals surface area contributed by atoms with E-state index >= 15 is 0 Å². The molecule has 1 amide bonds. The van der Waals surface area contributed by atoms with Gasteiger partial charge in [-0.25, -0.2) is 4.98 Å². The zero-order valence-electron chi connectivity index (χ0n) is 14.3. The molecule has 1 saturated heterocycles. The number of aryl methyl sites for hydroxylation is 2. The minimum atomic E-state index is 0.0383. The van der Waals surface area contributed by atoms with Crippen LogP contribution in [0.5, 0.6) is 0 Å². The van der Waals surface area contributed by atoms with Gasteiger partial charge >= 0.3 is 0 Å². The second-order valence-corrected chi connectivity index (χ2v) is 6.21. The van der Waals surface area contributed by atoms with Gasteiger partial charge in [-0.05, 0) is 19.1 Å². The number of hydrogen-bond donors (Lipinski definition) is 1. The second kappa shape index (κ2) is 7.59. The first-order valence-corrected chi connectivity index (χ1v) is 8.32. The summed E-state index contributed by atoms with van der Waals surface area (Å²) in [6.07, 6.45) is 0. The Hall–Kier alpha value is -2.18. The number of anilines is 1. The van der Waals surface area contributed by atoms with Crippen molar-refractivity contribution < 1.29 is 9.21 Å². The van der Waals surface area contributed by atoms with Gasteiger partial charge in [0.15, 0.2) is 5.89 Å². The number of amides is 1. The number of oxazole rings is 1. The van der Waals surface area contributed by atoms with Gasteiger partial charge in [0.25, 0.3) is 0 Å². The number of rotatable bonds is 5. The Kier molecular flexibility index (Phi) is 5.27. The van der Waals surface area contributed by atoms with Crippen LogP contribution >= 0.6 is 0 Å². The fourth-order valence-electron chi connectivity index (χ4n) is 2.95. The molecule has 1 aromatic carbocycles. The lowest BCUT2D eigenvalue weighted by Gasteiger charge is -2.33. The summed E-state index contributed by atoms with van der Waals surface area (Å²) in [5.41, 5.74) is 1.81. The average Bonchev–Trinajstić information content (AvgIpc) is 2.87. The van der Waals surface area contributed by atoms with Crippen molar-refractivity contribution in [2.45, 2.75) is 20.4 Å². The number of carbonyl (C=O) groups excluding carboxylic acids is 1. The predicted octanol–water partition coefficient (Wildman–Crippen LogP) is 2.05. The Morgan fingerprint density at radius 3 is 2.42 bits per heavy atom. The van der Waals surface area contributed by atoms with Crippen molar-refractivity contribution in [2.75, 3.05) is 38.0 Å². The zero-order valence-corrected chi connectivity index (χ0v) is 14.3. The molecule has 3 rings (SSSR count). The number of para-hydroxylation sites is 1. The highest BCUT2D eigenvalue weighted by molar-refractivity contribution is 5.92. The molecule has 0 atom stereocenters. The molecule has 0 aliphatic carbocycles. The van der Waals surface area contributed by atoms with Gasteiger partial charge < -0.3 is 9.73 Å². The number of nitrogens with one attached hydrogen (secondary N) is 1. The van der Waals surface area contributed by atoms with E-state index in [9.17, 15) is 4.79 Å². The van der Waals surface area contributed by atoms with E-state index in [1.807, 2.05) is 44.2 Å². The third kappa shape index (κ3) is 4.43. The molecule has 2 aromatic rings. The van der Waals surface area contributed by atoms with Gasteiger partial charge in [0, 0.05) is 38.8 Å². The van der Waals surface area contributed by atoms with Gasteiger partial charge in [-0.1, -0.05) is 18.2 Å². The van der Waals surface area contributed by atoms with E-state index < -0.39 is 0 Å². The fraction of sp³-hybridized carbons (Fsp3) is 0.444. The maximum absolute atomic E-state index is 12.1. The van der Waals surface area contributed by atoms with Crippen molar-refractivity contribution in [2.24, 2.45) is 0 Å². The SMILES string of the molecule is Cc1nc(C)c(CN2CCN(CC(=O)Nc3ccccc3)CC2)o1. The van der Waals surface area contributed by atoms with Gasteiger partial charge in [-0.3, -0.25) is 14.6 Å². The van der Waals surface area contributed by atoms with Gasteiger partial charge in [0.1, 0.15) is 5.76 Å². The lowest BCUT2D eigenvalue weighted by molar-refractivity contribution is -0.117. The highest BCUT2D eigenvalue weighted by Crippen LogP contribution is 2.14. The minimum absolute atomic E-state index is 0.0383. The predicted molar refractivity (Wildman–Crippen MR) is 92.8 cm³/mol. The smallest absolute Gasteiger partial charge is 0.238 e. The summed E-state index contributed by atoms with van der Waals surface area (Å²) in [5.74, 6) is 1.71. The Morgan fingerprint density at radius 1 is 1.12 bits per heavy atom. The summed E-state index contributed by atoms with van der Waals surface area (Å²) in [6.45, 7) is 8.70. The summed E-state index contributed by atoms with van der Waals surface area (Å²) >= 11 is 0. The number of piperazine rings is 1. The molecular weight excluding hydrogens is 304 g/mol. The second-order valence-electron chi connectivity index (χ2n) is 6.21. The van der Waals surface area contributed by atoms with Crippen LogP contribution < -0.4 is 5.32 Å². The number of benzene rings is 1. The van der Waals surface area contributed by atoms with E-state index in [-0.39, 0.29) is 5.91 Å². The monoisotopic (exact) mass is 328 g/mol. The molecule has 128 valence electrons. The highest BCUT2D eigenvalue weighted by atomic mass is 16.4. The van der Waals surface area contributed by atoms with Crippen LogP contribution in [0.3, 0.4) is 0 Å².